The normalized spacial score (nSPS) is 16.7. The molecule has 6 heteroatoms. The van der Waals surface area contributed by atoms with Crippen LogP contribution in [0.25, 0.3) is 5.57 Å². The second-order valence-corrected chi connectivity index (χ2v) is 5.16. The standard InChI is InChI=1S/C14H9BrN2O3/c15-10-6-16-13(17-12(10)14(19)20)9-5-11(18)8-4-2-1-3-7(8)9/h1-6,11,18H,(H,19,20). The number of nitrogens with zero attached hydrogens (tertiary/aromatic N) is 2. The molecule has 0 fully saturated rings. The van der Waals surface area contributed by atoms with Crippen LogP contribution in [-0.2, 0) is 0 Å². The summed E-state index contributed by atoms with van der Waals surface area (Å²) in [5.74, 6) is -0.845. The first-order chi connectivity index (χ1) is 9.58. The third-order valence-corrected chi connectivity index (χ3v) is 3.66. The molecule has 0 spiro atoms. The number of hydrogen-bond donors (Lipinski definition) is 2. The molecule has 1 atom stereocenters. The van der Waals surface area contributed by atoms with E-state index in [0.29, 0.717) is 10.0 Å². The molecule has 0 saturated heterocycles. The van der Waals surface area contributed by atoms with Crippen molar-refractivity contribution in [3.8, 4) is 0 Å². The summed E-state index contributed by atoms with van der Waals surface area (Å²) in [6.45, 7) is 0. The Labute approximate surface area is 122 Å². The molecule has 1 heterocycles. The van der Waals surface area contributed by atoms with Gasteiger partial charge in [-0.25, -0.2) is 14.8 Å². The highest BCUT2D eigenvalue weighted by molar-refractivity contribution is 9.10. The van der Waals surface area contributed by atoms with Crippen molar-refractivity contribution in [1.29, 1.82) is 0 Å². The van der Waals surface area contributed by atoms with Gasteiger partial charge < -0.3 is 10.2 Å². The van der Waals surface area contributed by atoms with Gasteiger partial charge in [0.1, 0.15) is 0 Å². The molecule has 0 bridgehead atoms. The SMILES string of the molecule is O=C(O)c1nc(C2=CC(O)c3ccccc32)ncc1Br. The number of hydrogen-bond acceptors (Lipinski definition) is 4. The fraction of sp³-hybridized carbons (Fsp3) is 0.0714. The maximum atomic E-state index is 11.1. The Balaban J connectivity index is 2.14. The van der Waals surface area contributed by atoms with Crippen LogP contribution in [0.3, 0.4) is 0 Å². The lowest BCUT2D eigenvalue weighted by Crippen LogP contribution is -2.06. The number of aliphatic hydroxyl groups is 1. The minimum Gasteiger partial charge on any atom is -0.476 e. The first-order valence-electron chi connectivity index (χ1n) is 5.83. The molecule has 2 N–H and O–H groups in total. The smallest absolute Gasteiger partial charge is 0.355 e. The number of aliphatic hydroxyl groups excluding tert-OH is 1. The summed E-state index contributed by atoms with van der Waals surface area (Å²) < 4.78 is 0.321. The summed E-state index contributed by atoms with van der Waals surface area (Å²) in [7, 11) is 0. The van der Waals surface area contributed by atoms with E-state index in [1.165, 1.54) is 6.20 Å². The second-order valence-electron chi connectivity index (χ2n) is 4.31. The Morgan fingerprint density at radius 1 is 1.30 bits per heavy atom. The molecule has 1 aliphatic rings. The maximum absolute atomic E-state index is 11.1. The third-order valence-electron chi connectivity index (χ3n) is 3.08. The molecule has 0 radical (unpaired) electrons. The molecular weight excluding hydrogens is 324 g/mol. The van der Waals surface area contributed by atoms with Gasteiger partial charge in [0.2, 0.25) is 0 Å². The predicted octanol–water partition coefficient (Wildman–Crippen LogP) is 2.42. The number of fused-ring (bicyclic) bond motifs is 1. The molecule has 0 aliphatic heterocycles. The van der Waals surface area contributed by atoms with Gasteiger partial charge in [-0.05, 0) is 33.1 Å². The van der Waals surface area contributed by atoms with Crippen molar-refractivity contribution in [2.24, 2.45) is 0 Å². The molecular formula is C14H9BrN2O3. The van der Waals surface area contributed by atoms with Crippen LogP contribution < -0.4 is 0 Å². The zero-order valence-corrected chi connectivity index (χ0v) is 11.7. The summed E-state index contributed by atoms with van der Waals surface area (Å²) >= 11 is 3.11. The Morgan fingerprint density at radius 3 is 2.80 bits per heavy atom. The van der Waals surface area contributed by atoms with Gasteiger partial charge in [0, 0.05) is 11.8 Å². The predicted molar refractivity (Wildman–Crippen MR) is 75.2 cm³/mol. The quantitative estimate of drug-likeness (QED) is 0.882. The van der Waals surface area contributed by atoms with Crippen molar-refractivity contribution >= 4 is 27.5 Å². The topological polar surface area (TPSA) is 83.3 Å². The van der Waals surface area contributed by atoms with E-state index < -0.39 is 12.1 Å². The Kier molecular flexibility index (Phi) is 3.11. The molecule has 0 saturated carbocycles. The third kappa shape index (κ3) is 2.03. The fourth-order valence-corrected chi connectivity index (χ4v) is 2.54. The Bertz CT molecular complexity index is 743. The van der Waals surface area contributed by atoms with Gasteiger partial charge in [-0.1, -0.05) is 24.3 Å². The highest BCUT2D eigenvalue weighted by atomic mass is 79.9. The van der Waals surface area contributed by atoms with Crippen molar-refractivity contribution in [1.82, 2.24) is 9.97 Å². The van der Waals surface area contributed by atoms with Crippen molar-refractivity contribution in [2.75, 3.05) is 0 Å². The first kappa shape index (κ1) is 13.0. The number of carboxylic acids is 1. The van der Waals surface area contributed by atoms with Crippen molar-refractivity contribution < 1.29 is 15.0 Å². The number of aromatic carboxylic acids is 1. The van der Waals surface area contributed by atoms with E-state index in [0.717, 1.165) is 11.1 Å². The second kappa shape index (κ2) is 4.81. The van der Waals surface area contributed by atoms with E-state index >= 15 is 0 Å². The number of halogens is 1. The summed E-state index contributed by atoms with van der Waals surface area (Å²) in [5.41, 5.74) is 2.13. The average molecular weight is 333 g/mol. The van der Waals surface area contributed by atoms with Crippen molar-refractivity contribution in [3.05, 3.63) is 63.7 Å². The minimum absolute atomic E-state index is 0.102. The molecule has 100 valence electrons. The number of carbonyl (C=O) groups is 1. The number of aromatic nitrogens is 2. The Morgan fingerprint density at radius 2 is 2.05 bits per heavy atom. The monoisotopic (exact) mass is 332 g/mol. The van der Waals surface area contributed by atoms with Gasteiger partial charge in [0.05, 0.1) is 10.6 Å². The lowest BCUT2D eigenvalue weighted by molar-refractivity contribution is 0.0689. The lowest BCUT2D eigenvalue weighted by Gasteiger charge is -2.06. The van der Waals surface area contributed by atoms with E-state index in [1.807, 2.05) is 24.3 Å². The summed E-state index contributed by atoms with van der Waals surface area (Å²) in [6.07, 6.45) is 2.31. The molecule has 20 heavy (non-hydrogen) atoms. The van der Waals surface area contributed by atoms with Crippen LogP contribution in [0, 0.1) is 0 Å². The molecule has 1 aromatic heterocycles. The van der Waals surface area contributed by atoms with E-state index in [-0.39, 0.29) is 11.5 Å². The molecule has 1 aromatic carbocycles. The van der Waals surface area contributed by atoms with Crippen LogP contribution >= 0.6 is 15.9 Å². The average Bonchev–Trinajstić information content (AvgIpc) is 2.77. The highest BCUT2D eigenvalue weighted by Crippen LogP contribution is 2.36. The fourth-order valence-electron chi connectivity index (χ4n) is 2.18. The van der Waals surface area contributed by atoms with Gasteiger partial charge in [0.25, 0.3) is 0 Å². The molecule has 3 rings (SSSR count). The van der Waals surface area contributed by atoms with Crippen LogP contribution in [0.5, 0.6) is 0 Å². The largest absolute Gasteiger partial charge is 0.476 e. The van der Waals surface area contributed by atoms with Crippen molar-refractivity contribution in [2.45, 2.75) is 6.10 Å². The molecule has 5 nitrogen and oxygen atoms in total. The van der Waals surface area contributed by atoms with E-state index in [1.54, 1.807) is 6.08 Å². The molecule has 2 aromatic rings. The van der Waals surface area contributed by atoms with Gasteiger partial charge in [-0.2, -0.15) is 0 Å². The summed E-state index contributed by atoms with van der Waals surface area (Å²) in [6, 6.07) is 7.36. The van der Waals surface area contributed by atoms with Crippen molar-refractivity contribution in [3.63, 3.8) is 0 Å². The maximum Gasteiger partial charge on any atom is 0.355 e. The zero-order valence-electron chi connectivity index (χ0n) is 10.1. The van der Waals surface area contributed by atoms with Gasteiger partial charge in [-0.15, -0.1) is 0 Å². The summed E-state index contributed by atoms with van der Waals surface area (Å²) in [5, 5.41) is 19.1. The first-order valence-corrected chi connectivity index (χ1v) is 6.62. The van der Waals surface area contributed by atoms with Gasteiger partial charge >= 0.3 is 5.97 Å². The molecule has 1 aliphatic carbocycles. The minimum atomic E-state index is -1.13. The van der Waals surface area contributed by atoms with Crippen LogP contribution in [0.4, 0.5) is 0 Å². The number of carboxylic acid groups (broad SMARTS) is 1. The van der Waals surface area contributed by atoms with E-state index in [4.69, 9.17) is 5.11 Å². The number of rotatable bonds is 2. The Hall–Kier alpha value is -2.05. The molecule has 1 unspecified atom stereocenters. The zero-order chi connectivity index (χ0) is 14.3. The van der Waals surface area contributed by atoms with Crippen LogP contribution in [-0.4, -0.2) is 26.2 Å². The summed E-state index contributed by atoms with van der Waals surface area (Å²) in [4.78, 5) is 19.3. The van der Waals surface area contributed by atoms with Crippen LogP contribution in [0.1, 0.15) is 33.5 Å². The van der Waals surface area contributed by atoms with Crippen LogP contribution in [0.2, 0.25) is 0 Å². The van der Waals surface area contributed by atoms with Gasteiger partial charge in [0.15, 0.2) is 11.5 Å². The number of benzene rings is 1. The van der Waals surface area contributed by atoms with E-state index in [2.05, 4.69) is 25.9 Å². The molecule has 0 amide bonds. The van der Waals surface area contributed by atoms with E-state index in [9.17, 15) is 9.90 Å². The van der Waals surface area contributed by atoms with Gasteiger partial charge in [-0.3, -0.25) is 0 Å². The highest BCUT2D eigenvalue weighted by Gasteiger charge is 2.24. The lowest BCUT2D eigenvalue weighted by atomic mass is 10.0. The van der Waals surface area contributed by atoms with Crippen LogP contribution in [0.15, 0.2) is 41.0 Å².